The second-order valence-corrected chi connectivity index (χ2v) is 5.88. The zero-order chi connectivity index (χ0) is 18.5. The SMILES string of the molecule is CCNC(=NCc1cccc(OCCCOC)c1)NCc1ccccc1.I. The van der Waals surface area contributed by atoms with Crippen LogP contribution in [0, 0.1) is 0 Å². The van der Waals surface area contributed by atoms with E-state index in [0.717, 1.165) is 36.8 Å². The van der Waals surface area contributed by atoms with Crippen molar-refractivity contribution in [3.63, 3.8) is 0 Å². The van der Waals surface area contributed by atoms with Crippen LogP contribution >= 0.6 is 24.0 Å². The Morgan fingerprint density at radius 2 is 1.74 bits per heavy atom. The number of rotatable bonds is 10. The van der Waals surface area contributed by atoms with Crippen molar-refractivity contribution in [3.05, 3.63) is 65.7 Å². The molecule has 0 aromatic heterocycles. The minimum absolute atomic E-state index is 0. The van der Waals surface area contributed by atoms with Gasteiger partial charge in [-0.2, -0.15) is 0 Å². The molecule has 5 nitrogen and oxygen atoms in total. The second kappa shape index (κ2) is 14.3. The van der Waals surface area contributed by atoms with Gasteiger partial charge < -0.3 is 20.1 Å². The molecular formula is C21H30IN3O2. The standard InChI is InChI=1S/C21H29N3O2.HI/c1-3-22-21(23-16-18-9-5-4-6-10-18)24-17-19-11-7-12-20(15-19)26-14-8-13-25-2;/h4-7,9-12,15H,3,8,13-14,16-17H2,1-2H3,(H2,22,23,24);1H. The van der Waals surface area contributed by atoms with Crippen molar-refractivity contribution in [1.82, 2.24) is 10.6 Å². The van der Waals surface area contributed by atoms with Gasteiger partial charge in [-0.1, -0.05) is 42.5 Å². The van der Waals surface area contributed by atoms with Crippen LogP contribution in [0.3, 0.4) is 0 Å². The zero-order valence-corrected chi connectivity index (χ0v) is 18.4. The summed E-state index contributed by atoms with van der Waals surface area (Å²) in [7, 11) is 1.70. The molecular weight excluding hydrogens is 453 g/mol. The summed E-state index contributed by atoms with van der Waals surface area (Å²) in [5.74, 6) is 1.68. The molecule has 0 atom stereocenters. The largest absolute Gasteiger partial charge is 0.493 e. The topological polar surface area (TPSA) is 54.9 Å². The lowest BCUT2D eigenvalue weighted by Crippen LogP contribution is -2.36. The van der Waals surface area contributed by atoms with Crippen molar-refractivity contribution in [2.24, 2.45) is 4.99 Å². The zero-order valence-electron chi connectivity index (χ0n) is 16.1. The number of methoxy groups -OCH3 is 1. The molecule has 0 unspecified atom stereocenters. The van der Waals surface area contributed by atoms with Crippen molar-refractivity contribution in [2.75, 3.05) is 26.9 Å². The number of nitrogens with zero attached hydrogens (tertiary/aromatic N) is 1. The Morgan fingerprint density at radius 3 is 2.48 bits per heavy atom. The third-order valence-electron chi connectivity index (χ3n) is 3.73. The average Bonchev–Trinajstić information content (AvgIpc) is 2.68. The van der Waals surface area contributed by atoms with Crippen LogP contribution < -0.4 is 15.4 Å². The molecule has 2 rings (SSSR count). The summed E-state index contributed by atoms with van der Waals surface area (Å²) in [6.07, 6.45) is 0.882. The monoisotopic (exact) mass is 483 g/mol. The first-order valence-corrected chi connectivity index (χ1v) is 9.08. The molecule has 27 heavy (non-hydrogen) atoms. The molecule has 0 aliphatic carbocycles. The Bertz CT molecular complexity index is 665. The van der Waals surface area contributed by atoms with Crippen LogP contribution in [0.15, 0.2) is 59.6 Å². The van der Waals surface area contributed by atoms with Crippen molar-refractivity contribution in [3.8, 4) is 5.75 Å². The van der Waals surface area contributed by atoms with Crippen LogP contribution in [0.2, 0.25) is 0 Å². The van der Waals surface area contributed by atoms with E-state index in [1.807, 2.05) is 36.4 Å². The quantitative estimate of drug-likeness (QED) is 0.233. The van der Waals surface area contributed by atoms with Crippen molar-refractivity contribution in [2.45, 2.75) is 26.4 Å². The first-order chi connectivity index (χ1) is 12.8. The lowest BCUT2D eigenvalue weighted by molar-refractivity contribution is 0.172. The summed E-state index contributed by atoms with van der Waals surface area (Å²) in [5, 5.41) is 6.64. The molecule has 0 amide bonds. The van der Waals surface area contributed by atoms with E-state index >= 15 is 0 Å². The highest BCUT2D eigenvalue weighted by atomic mass is 127. The van der Waals surface area contributed by atoms with Gasteiger partial charge in [0.15, 0.2) is 5.96 Å². The molecule has 2 aromatic carbocycles. The number of benzene rings is 2. The van der Waals surface area contributed by atoms with E-state index in [4.69, 9.17) is 9.47 Å². The molecule has 0 aliphatic heterocycles. The highest BCUT2D eigenvalue weighted by Crippen LogP contribution is 2.14. The van der Waals surface area contributed by atoms with Gasteiger partial charge in [-0.3, -0.25) is 0 Å². The van der Waals surface area contributed by atoms with Crippen molar-refractivity contribution in [1.29, 1.82) is 0 Å². The number of hydrogen-bond acceptors (Lipinski definition) is 3. The van der Waals surface area contributed by atoms with E-state index in [1.165, 1.54) is 5.56 Å². The van der Waals surface area contributed by atoms with Gasteiger partial charge in [0, 0.05) is 33.2 Å². The van der Waals surface area contributed by atoms with E-state index in [-0.39, 0.29) is 24.0 Å². The summed E-state index contributed by atoms with van der Waals surface area (Å²) < 4.78 is 10.8. The van der Waals surface area contributed by atoms with E-state index in [2.05, 4.69) is 40.7 Å². The van der Waals surface area contributed by atoms with Crippen LogP contribution in [0.25, 0.3) is 0 Å². The lowest BCUT2D eigenvalue weighted by Gasteiger charge is -2.12. The first kappa shape index (κ1) is 23.2. The molecule has 0 radical (unpaired) electrons. The molecule has 6 heteroatoms. The molecule has 0 spiro atoms. The Kier molecular flexibility index (Phi) is 12.3. The van der Waals surface area contributed by atoms with E-state index in [9.17, 15) is 0 Å². The normalized spacial score (nSPS) is 10.8. The fraction of sp³-hybridized carbons (Fsp3) is 0.381. The summed E-state index contributed by atoms with van der Waals surface area (Å²) in [5.41, 5.74) is 2.34. The second-order valence-electron chi connectivity index (χ2n) is 5.88. The highest BCUT2D eigenvalue weighted by molar-refractivity contribution is 14.0. The Labute approximate surface area is 179 Å². The molecule has 2 aromatic rings. The van der Waals surface area contributed by atoms with Crippen molar-refractivity contribution >= 4 is 29.9 Å². The summed E-state index contributed by atoms with van der Waals surface area (Å²) in [4.78, 5) is 4.67. The predicted octanol–water partition coefficient (Wildman–Crippen LogP) is 3.98. The van der Waals surface area contributed by atoms with E-state index in [0.29, 0.717) is 19.8 Å². The minimum Gasteiger partial charge on any atom is -0.493 e. The maximum absolute atomic E-state index is 5.75. The summed E-state index contributed by atoms with van der Waals surface area (Å²) in [6, 6.07) is 18.4. The van der Waals surface area contributed by atoms with Crippen LogP contribution in [-0.4, -0.2) is 32.8 Å². The smallest absolute Gasteiger partial charge is 0.191 e. The number of ether oxygens (including phenoxy) is 2. The average molecular weight is 483 g/mol. The first-order valence-electron chi connectivity index (χ1n) is 9.08. The van der Waals surface area contributed by atoms with Gasteiger partial charge in [-0.05, 0) is 30.2 Å². The van der Waals surface area contributed by atoms with Crippen LogP contribution in [0.4, 0.5) is 0 Å². The van der Waals surface area contributed by atoms with Crippen LogP contribution in [0.1, 0.15) is 24.5 Å². The molecule has 0 bridgehead atoms. The van der Waals surface area contributed by atoms with Crippen LogP contribution in [0.5, 0.6) is 5.75 Å². The molecule has 0 aliphatic rings. The third-order valence-corrected chi connectivity index (χ3v) is 3.73. The molecule has 0 saturated carbocycles. The third kappa shape index (κ3) is 9.63. The molecule has 0 fully saturated rings. The number of aliphatic imine (C=N–C) groups is 1. The van der Waals surface area contributed by atoms with Crippen LogP contribution in [-0.2, 0) is 17.8 Å². The fourth-order valence-corrected chi connectivity index (χ4v) is 2.42. The highest BCUT2D eigenvalue weighted by Gasteiger charge is 2.00. The number of hydrogen-bond donors (Lipinski definition) is 2. The number of nitrogens with one attached hydrogen (secondary N) is 2. The Hall–Kier alpha value is -1.80. The summed E-state index contributed by atoms with van der Waals surface area (Å²) in [6.45, 7) is 5.59. The van der Waals surface area contributed by atoms with Gasteiger partial charge in [0.25, 0.3) is 0 Å². The predicted molar refractivity (Wildman–Crippen MR) is 122 cm³/mol. The van der Waals surface area contributed by atoms with E-state index < -0.39 is 0 Å². The Morgan fingerprint density at radius 1 is 0.963 bits per heavy atom. The fourth-order valence-electron chi connectivity index (χ4n) is 2.42. The summed E-state index contributed by atoms with van der Waals surface area (Å²) >= 11 is 0. The maximum atomic E-state index is 5.75. The molecule has 0 heterocycles. The maximum Gasteiger partial charge on any atom is 0.191 e. The van der Waals surface area contributed by atoms with Gasteiger partial charge in [0.1, 0.15) is 5.75 Å². The molecule has 148 valence electrons. The van der Waals surface area contributed by atoms with Gasteiger partial charge in [0.2, 0.25) is 0 Å². The number of guanidine groups is 1. The Balaban J connectivity index is 0.00000364. The van der Waals surface area contributed by atoms with Crippen molar-refractivity contribution < 1.29 is 9.47 Å². The van der Waals surface area contributed by atoms with Gasteiger partial charge in [-0.25, -0.2) is 4.99 Å². The van der Waals surface area contributed by atoms with Gasteiger partial charge >= 0.3 is 0 Å². The number of halogens is 1. The van der Waals surface area contributed by atoms with Gasteiger partial charge in [-0.15, -0.1) is 24.0 Å². The minimum atomic E-state index is 0. The molecule has 0 saturated heterocycles. The van der Waals surface area contributed by atoms with Gasteiger partial charge in [0.05, 0.1) is 13.2 Å². The molecule has 2 N–H and O–H groups in total. The lowest BCUT2D eigenvalue weighted by atomic mass is 10.2. The van der Waals surface area contributed by atoms with E-state index in [1.54, 1.807) is 7.11 Å².